The molecule has 2 bridgehead atoms. The summed E-state index contributed by atoms with van der Waals surface area (Å²) in [5.74, 6) is 0.0247. The molecule has 3 rings (SSSR count). The van der Waals surface area contributed by atoms with E-state index in [2.05, 4.69) is 25.7 Å². The van der Waals surface area contributed by atoms with E-state index < -0.39 is 11.2 Å². The van der Waals surface area contributed by atoms with Crippen molar-refractivity contribution in [1.29, 1.82) is 0 Å². The van der Waals surface area contributed by atoms with E-state index >= 15 is 0 Å². The van der Waals surface area contributed by atoms with Crippen LogP contribution >= 0.6 is 0 Å². The molecule has 106 valence electrons. The van der Waals surface area contributed by atoms with E-state index in [9.17, 15) is 9.18 Å². The van der Waals surface area contributed by atoms with Gasteiger partial charge >= 0.3 is 0 Å². The summed E-state index contributed by atoms with van der Waals surface area (Å²) in [7, 11) is 0. The molecule has 0 radical (unpaired) electrons. The summed E-state index contributed by atoms with van der Waals surface area (Å²) in [6.07, 6.45) is 2.73. The molecule has 3 heteroatoms. The molecule has 20 heavy (non-hydrogen) atoms. The molecule has 1 aromatic rings. The van der Waals surface area contributed by atoms with Gasteiger partial charge in [0.05, 0.1) is 11.1 Å². The minimum absolute atomic E-state index is 0.00478. The molecule has 0 heterocycles. The monoisotopic (exact) mass is 273 g/mol. The van der Waals surface area contributed by atoms with E-state index in [4.69, 9.17) is 0 Å². The lowest BCUT2D eigenvalue weighted by atomic mass is 9.68. The van der Waals surface area contributed by atoms with Gasteiger partial charge in [-0.15, -0.1) is 0 Å². The van der Waals surface area contributed by atoms with E-state index in [1.54, 1.807) is 18.2 Å². The number of carbonyl (C=O) groups excluding carboxylic acids is 1. The lowest BCUT2D eigenvalue weighted by Crippen LogP contribution is -2.37. The second-order valence-corrected chi connectivity index (χ2v) is 6.66. The standard InChI is InChI=1S/C17H20FNO/c1-11-16(2,3)12-8-9-17(11,10-12)15(20)19-14-7-5-4-6-13(14)18/h4-7,12H,1,8-10H2,2-3H3,(H,19,20)/t12-,17+/m1/s1. The maximum Gasteiger partial charge on any atom is 0.234 e. The first kappa shape index (κ1) is 13.3. The zero-order chi connectivity index (χ0) is 14.5. The third-order valence-corrected chi connectivity index (χ3v) is 5.45. The SMILES string of the molecule is C=C1C(C)(C)[C@@H]2CC[C@]1(C(=O)Nc1ccccc1F)C2. The predicted octanol–water partition coefficient (Wildman–Crippen LogP) is 4.15. The number of hydrogen-bond acceptors (Lipinski definition) is 1. The van der Waals surface area contributed by atoms with Crippen molar-refractivity contribution in [2.45, 2.75) is 33.1 Å². The Kier molecular flexibility index (Phi) is 2.79. The second-order valence-electron chi connectivity index (χ2n) is 6.66. The summed E-state index contributed by atoms with van der Waals surface area (Å²) in [5.41, 5.74) is 0.768. The molecule has 2 saturated carbocycles. The van der Waals surface area contributed by atoms with Crippen LogP contribution in [0.4, 0.5) is 10.1 Å². The normalized spacial score (nSPS) is 30.6. The quantitative estimate of drug-likeness (QED) is 0.806. The van der Waals surface area contributed by atoms with Gasteiger partial charge in [0, 0.05) is 0 Å². The first-order chi connectivity index (χ1) is 9.38. The fraction of sp³-hybridized carbons (Fsp3) is 0.471. The summed E-state index contributed by atoms with van der Waals surface area (Å²) in [6.45, 7) is 8.52. The maximum absolute atomic E-state index is 13.7. The van der Waals surface area contributed by atoms with Crippen LogP contribution in [0.5, 0.6) is 0 Å². The molecule has 0 spiro atoms. The number of benzene rings is 1. The van der Waals surface area contributed by atoms with Crippen molar-refractivity contribution in [3.8, 4) is 0 Å². The number of fused-ring (bicyclic) bond motifs is 2. The number of hydrogen-bond donors (Lipinski definition) is 1. The molecule has 0 saturated heterocycles. The first-order valence-electron chi connectivity index (χ1n) is 7.14. The Morgan fingerprint density at radius 2 is 2.10 bits per heavy atom. The zero-order valence-electron chi connectivity index (χ0n) is 12.0. The Morgan fingerprint density at radius 3 is 2.70 bits per heavy atom. The van der Waals surface area contributed by atoms with Crippen molar-refractivity contribution in [3.63, 3.8) is 0 Å². The average molecular weight is 273 g/mol. The van der Waals surface area contributed by atoms with Crippen molar-refractivity contribution in [1.82, 2.24) is 0 Å². The summed E-state index contributed by atoms with van der Waals surface area (Å²) < 4.78 is 13.7. The zero-order valence-corrected chi connectivity index (χ0v) is 12.0. The largest absolute Gasteiger partial charge is 0.323 e. The van der Waals surface area contributed by atoms with Gasteiger partial charge in [0.2, 0.25) is 5.91 Å². The van der Waals surface area contributed by atoms with Gasteiger partial charge in [-0.05, 0) is 42.7 Å². The Labute approximate surface area is 119 Å². The number of halogens is 1. The molecule has 2 nitrogen and oxygen atoms in total. The Balaban J connectivity index is 1.89. The molecule has 0 unspecified atom stereocenters. The van der Waals surface area contributed by atoms with Gasteiger partial charge < -0.3 is 5.32 Å². The average Bonchev–Trinajstić information content (AvgIpc) is 2.93. The molecular weight excluding hydrogens is 253 g/mol. The fourth-order valence-electron chi connectivity index (χ4n) is 3.95. The summed E-state index contributed by atoms with van der Waals surface area (Å²) in [5, 5.41) is 2.76. The van der Waals surface area contributed by atoms with Crippen molar-refractivity contribution in [3.05, 3.63) is 42.2 Å². The van der Waals surface area contributed by atoms with Crippen LogP contribution in [0.2, 0.25) is 0 Å². The first-order valence-corrected chi connectivity index (χ1v) is 7.14. The number of amides is 1. The van der Waals surface area contributed by atoms with E-state index in [1.165, 1.54) is 6.07 Å². The summed E-state index contributed by atoms with van der Waals surface area (Å²) in [6, 6.07) is 6.30. The molecule has 1 N–H and O–H groups in total. The van der Waals surface area contributed by atoms with Crippen LogP contribution in [0.1, 0.15) is 33.1 Å². The smallest absolute Gasteiger partial charge is 0.234 e. The van der Waals surface area contributed by atoms with Crippen LogP contribution in [0.15, 0.2) is 36.4 Å². The molecule has 0 aliphatic heterocycles. The molecule has 1 amide bonds. The van der Waals surface area contributed by atoms with E-state index in [0.717, 1.165) is 24.8 Å². The Morgan fingerprint density at radius 1 is 1.40 bits per heavy atom. The third kappa shape index (κ3) is 1.65. The van der Waals surface area contributed by atoms with Gasteiger partial charge in [-0.2, -0.15) is 0 Å². The van der Waals surface area contributed by atoms with Gasteiger partial charge in [-0.25, -0.2) is 4.39 Å². The van der Waals surface area contributed by atoms with Gasteiger partial charge in [-0.1, -0.05) is 38.1 Å². The number of carbonyl (C=O) groups is 1. The Bertz CT molecular complexity index is 592. The topological polar surface area (TPSA) is 29.1 Å². The fourth-order valence-corrected chi connectivity index (χ4v) is 3.95. The lowest BCUT2D eigenvalue weighted by molar-refractivity contribution is -0.123. The molecule has 2 aliphatic rings. The van der Waals surface area contributed by atoms with Crippen LogP contribution in [0, 0.1) is 22.6 Å². The number of nitrogens with one attached hydrogen (secondary N) is 1. The van der Waals surface area contributed by atoms with Crippen molar-refractivity contribution >= 4 is 11.6 Å². The molecule has 0 aromatic heterocycles. The number of rotatable bonds is 2. The van der Waals surface area contributed by atoms with Crippen LogP contribution in [0.3, 0.4) is 0 Å². The van der Waals surface area contributed by atoms with Crippen LogP contribution in [0.25, 0.3) is 0 Å². The lowest BCUT2D eigenvalue weighted by Gasteiger charge is -2.37. The molecule has 2 fully saturated rings. The van der Waals surface area contributed by atoms with Gasteiger partial charge in [0.15, 0.2) is 0 Å². The van der Waals surface area contributed by atoms with Crippen LogP contribution in [-0.4, -0.2) is 5.91 Å². The molecular formula is C17H20FNO. The molecule has 2 aliphatic carbocycles. The summed E-state index contributed by atoms with van der Waals surface area (Å²) in [4.78, 5) is 12.7. The maximum atomic E-state index is 13.7. The van der Waals surface area contributed by atoms with Crippen LogP contribution < -0.4 is 5.32 Å². The van der Waals surface area contributed by atoms with E-state index in [-0.39, 0.29) is 17.0 Å². The highest BCUT2D eigenvalue weighted by atomic mass is 19.1. The van der Waals surface area contributed by atoms with Crippen molar-refractivity contribution in [2.24, 2.45) is 16.7 Å². The summed E-state index contributed by atoms with van der Waals surface area (Å²) >= 11 is 0. The third-order valence-electron chi connectivity index (χ3n) is 5.45. The van der Waals surface area contributed by atoms with Gasteiger partial charge in [0.1, 0.15) is 5.82 Å². The second kappa shape index (κ2) is 4.18. The predicted molar refractivity (Wildman–Crippen MR) is 77.7 cm³/mol. The minimum Gasteiger partial charge on any atom is -0.323 e. The van der Waals surface area contributed by atoms with Gasteiger partial charge in [0.25, 0.3) is 0 Å². The highest BCUT2D eigenvalue weighted by molar-refractivity contribution is 5.98. The van der Waals surface area contributed by atoms with Crippen molar-refractivity contribution in [2.75, 3.05) is 5.32 Å². The highest BCUT2D eigenvalue weighted by Gasteiger charge is 2.60. The minimum atomic E-state index is -0.504. The van der Waals surface area contributed by atoms with Crippen molar-refractivity contribution < 1.29 is 9.18 Å². The van der Waals surface area contributed by atoms with Crippen LogP contribution in [-0.2, 0) is 4.79 Å². The number of para-hydroxylation sites is 1. The van der Waals surface area contributed by atoms with E-state index in [0.29, 0.717) is 5.92 Å². The highest BCUT2D eigenvalue weighted by Crippen LogP contribution is 2.65. The number of anilines is 1. The van der Waals surface area contributed by atoms with E-state index in [1.807, 2.05) is 0 Å². The molecule has 1 aromatic carbocycles. The van der Waals surface area contributed by atoms with Gasteiger partial charge in [-0.3, -0.25) is 4.79 Å². The molecule has 2 atom stereocenters. The Hall–Kier alpha value is -1.64.